The summed E-state index contributed by atoms with van der Waals surface area (Å²) in [6, 6.07) is 7.73. The van der Waals surface area contributed by atoms with Crippen LogP contribution in [-0.4, -0.2) is 29.9 Å². The number of nitrogen functional groups attached to an aromatic ring is 1. The van der Waals surface area contributed by atoms with Gasteiger partial charge in [0.15, 0.2) is 0 Å². The first kappa shape index (κ1) is 13.9. The second kappa shape index (κ2) is 6.06. The first-order valence-corrected chi connectivity index (χ1v) is 6.94. The van der Waals surface area contributed by atoms with E-state index in [1.165, 1.54) is 12.8 Å². The number of piperidine rings is 1. The number of carbonyl (C=O) groups excluding carboxylic acids is 1. The number of amides is 1. The average Bonchev–Trinajstić information content (AvgIpc) is 2.36. The van der Waals surface area contributed by atoms with Crippen LogP contribution in [0, 0.1) is 5.92 Å². The quantitative estimate of drug-likeness (QED) is 0.821. The molecule has 1 aromatic carbocycles. The molecule has 0 bridgehead atoms. The summed E-state index contributed by atoms with van der Waals surface area (Å²) in [5, 5.41) is 2.91. The number of nitrogens with two attached hydrogens (primary N) is 1. The molecule has 3 N–H and O–H groups in total. The number of likely N-dealkylation sites (tertiary alicyclic amines) is 1. The highest BCUT2D eigenvalue weighted by molar-refractivity contribution is 5.92. The van der Waals surface area contributed by atoms with Crippen LogP contribution in [0.2, 0.25) is 0 Å². The van der Waals surface area contributed by atoms with E-state index in [0.717, 1.165) is 18.2 Å². The molecule has 1 saturated heterocycles. The third kappa shape index (κ3) is 3.96. The molecule has 2 atom stereocenters. The summed E-state index contributed by atoms with van der Waals surface area (Å²) >= 11 is 0. The molecule has 2 unspecified atom stereocenters. The lowest BCUT2D eigenvalue weighted by molar-refractivity contribution is -0.118. The molecule has 19 heavy (non-hydrogen) atoms. The zero-order chi connectivity index (χ0) is 13.8. The molecule has 104 valence electrons. The summed E-state index contributed by atoms with van der Waals surface area (Å²) in [7, 11) is 0. The fourth-order valence-electron chi connectivity index (χ4n) is 2.64. The predicted octanol–water partition coefficient (Wildman–Crippen LogP) is 2.33. The Kier molecular flexibility index (Phi) is 4.43. The van der Waals surface area contributed by atoms with Crippen molar-refractivity contribution >= 4 is 17.3 Å². The molecule has 0 spiro atoms. The van der Waals surface area contributed by atoms with E-state index < -0.39 is 0 Å². The number of rotatable bonds is 3. The summed E-state index contributed by atoms with van der Waals surface area (Å²) < 4.78 is 0. The Hall–Kier alpha value is -1.55. The molecular weight excluding hydrogens is 238 g/mol. The lowest BCUT2D eigenvalue weighted by atomic mass is 9.93. The largest absolute Gasteiger partial charge is 0.399 e. The third-order valence-electron chi connectivity index (χ3n) is 3.82. The Morgan fingerprint density at radius 2 is 2.05 bits per heavy atom. The molecule has 1 aliphatic heterocycles. The van der Waals surface area contributed by atoms with Crippen LogP contribution in [0.5, 0.6) is 0 Å². The zero-order valence-corrected chi connectivity index (χ0v) is 11.7. The standard InChI is InChI=1S/C15H23N3O/c1-11-7-8-18(12(2)9-11)10-15(19)17-14-5-3-13(16)4-6-14/h3-6,11-12H,7-10,16H2,1-2H3,(H,17,19). The van der Waals surface area contributed by atoms with Gasteiger partial charge in [-0.3, -0.25) is 9.69 Å². The SMILES string of the molecule is CC1CCN(CC(=O)Nc2ccc(N)cc2)C(C)C1. The Balaban J connectivity index is 1.85. The molecule has 0 aliphatic carbocycles. The molecule has 0 saturated carbocycles. The van der Waals surface area contributed by atoms with E-state index in [4.69, 9.17) is 5.73 Å². The maximum Gasteiger partial charge on any atom is 0.238 e. The first-order valence-electron chi connectivity index (χ1n) is 6.94. The van der Waals surface area contributed by atoms with Crippen LogP contribution in [0.3, 0.4) is 0 Å². The number of nitrogens with zero attached hydrogens (tertiary/aromatic N) is 1. The predicted molar refractivity (Wildman–Crippen MR) is 78.9 cm³/mol. The van der Waals surface area contributed by atoms with Gasteiger partial charge in [-0.2, -0.15) is 0 Å². The van der Waals surface area contributed by atoms with Crippen molar-refractivity contribution in [2.75, 3.05) is 24.1 Å². The maximum atomic E-state index is 12.0. The van der Waals surface area contributed by atoms with E-state index in [9.17, 15) is 4.79 Å². The van der Waals surface area contributed by atoms with E-state index in [1.54, 1.807) is 12.1 Å². The van der Waals surface area contributed by atoms with Crippen molar-refractivity contribution in [3.8, 4) is 0 Å². The summed E-state index contributed by atoms with van der Waals surface area (Å²) in [6.07, 6.45) is 2.36. The molecular formula is C15H23N3O. The molecule has 0 radical (unpaired) electrons. The summed E-state index contributed by atoms with van der Waals surface area (Å²) in [5.41, 5.74) is 7.13. The van der Waals surface area contributed by atoms with Crippen LogP contribution in [0.1, 0.15) is 26.7 Å². The van der Waals surface area contributed by atoms with Gasteiger partial charge in [0, 0.05) is 17.4 Å². The average molecular weight is 261 g/mol. The second-order valence-corrected chi connectivity index (χ2v) is 5.62. The number of nitrogens with one attached hydrogen (secondary N) is 1. The smallest absolute Gasteiger partial charge is 0.238 e. The lowest BCUT2D eigenvalue weighted by Gasteiger charge is -2.35. The van der Waals surface area contributed by atoms with Crippen molar-refractivity contribution in [2.45, 2.75) is 32.7 Å². The molecule has 1 amide bonds. The van der Waals surface area contributed by atoms with E-state index in [2.05, 4.69) is 24.1 Å². The van der Waals surface area contributed by atoms with Gasteiger partial charge in [-0.05, 0) is 56.5 Å². The van der Waals surface area contributed by atoms with E-state index in [-0.39, 0.29) is 5.91 Å². The van der Waals surface area contributed by atoms with Crippen LogP contribution in [-0.2, 0) is 4.79 Å². The minimum Gasteiger partial charge on any atom is -0.399 e. The number of benzene rings is 1. The maximum absolute atomic E-state index is 12.0. The van der Waals surface area contributed by atoms with Gasteiger partial charge < -0.3 is 11.1 Å². The molecule has 4 nitrogen and oxygen atoms in total. The normalized spacial score (nSPS) is 24.1. The minimum absolute atomic E-state index is 0.0474. The van der Waals surface area contributed by atoms with Crippen molar-refractivity contribution in [2.24, 2.45) is 5.92 Å². The van der Waals surface area contributed by atoms with Gasteiger partial charge in [-0.1, -0.05) is 6.92 Å². The second-order valence-electron chi connectivity index (χ2n) is 5.62. The monoisotopic (exact) mass is 261 g/mol. The first-order chi connectivity index (χ1) is 9.04. The molecule has 4 heteroatoms. The van der Waals surface area contributed by atoms with E-state index in [1.807, 2.05) is 12.1 Å². The molecule has 2 rings (SSSR count). The van der Waals surface area contributed by atoms with Gasteiger partial charge in [-0.25, -0.2) is 0 Å². The van der Waals surface area contributed by atoms with Crippen molar-refractivity contribution in [3.63, 3.8) is 0 Å². The minimum atomic E-state index is 0.0474. The fraction of sp³-hybridized carbons (Fsp3) is 0.533. The molecule has 1 fully saturated rings. The highest BCUT2D eigenvalue weighted by Crippen LogP contribution is 2.21. The number of anilines is 2. The third-order valence-corrected chi connectivity index (χ3v) is 3.82. The van der Waals surface area contributed by atoms with E-state index >= 15 is 0 Å². The molecule has 1 heterocycles. The van der Waals surface area contributed by atoms with Crippen molar-refractivity contribution in [3.05, 3.63) is 24.3 Å². The van der Waals surface area contributed by atoms with Gasteiger partial charge in [0.1, 0.15) is 0 Å². The van der Waals surface area contributed by atoms with Crippen molar-refractivity contribution < 1.29 is 4.79 Å². The Morgan fingerprint density at radius 1 is 1.37 bits per heavy atom. The fourth-order valence-corrected chi connectivity index (χ4v) is 2.64. The van der Waals surface area contributed by atoms with Crippen LogP contribution in [0.15, 0.2) is 24.3 Å². The zero-order valence-electron chi connectivity index (χ0n) is 11.7. The van der Waals surface area contributed by atoms with Crippen molar-refractivity contribution in [1.82, 2.24) is 4.90 Å². The Bertz CT molecular complexity index is 430. The van der Waals surface area contributed by atoms with Crippen molar-refractivity contribution in [1.29, 1.82) is 0 Å². The van der Waals surface area contributed by atoms with Crippen LogP contribution in [0.25, 0.3) is 0 Å². The van der Waals surface area contributed by atoms with Gasteiger partial charge in [-0.15, -0.1) is 0 Å². The summed E-state index contributed by atoms with van der Waals surface area (Å²) in [6.45, 7) is 5.96. The summed E-state index contributed by atoms with van der Waals surface area (Å²) in [4.78, 5) is 14.3. The van der Waals surface area contributed by atoms with Gasteiger partial charge in [0.05, 0.1) is 6.54 Å². The lowest BCUT2D eigenvalue weighted by Crippen LogP contribution is -2.44. The molecule has 1 aliphatic rings. The Labute approximate surface area is 115 Å². The highest BCUT2D eigenvalue weighted by Gasteiger charge is 2.24. The van der Waals surface area contributed by atoms with Gasteiger partial charge >= 0.3 is 0 Å². The summed E-state index contributed by atoms with van der Waals surface area (Å²) in [5.74, 6) is 0.817. The molecule has 1 aromatic rings. The number of carbonyl (C=O) groups is 1. The number of hydrogen-bond donors (Lipinski definition) is 2. The van der Waals surface area contributed by atoms with Gasteiger partial charge in [0.25, 0.3) is 0 Å². The van der Waals surface area contributed by atoms with Crippen LogP contribution < -0.4 is 11.1 Å². The Morgan fingerprint density at radius 3 is 2.68 bits per heavy atom. The number of hydrogen-bond acceptors (Lipinski definition) is 3. The van der Waals surface area contributed by atoms with Crippen LogP contribution in [0.4, 0.5) is 11.4 Å². The topological polar surface area (TPSA) is 58.4 Å². The van der Waals surface area contributed by atoms with Gasteiger partial charge in [0.2, 0.25) is 5.91 Å². The van der Waals surface area contributed by atoms with E-state index in [0.29, 0.717) is 18.3 Å². The van der Waals surface area contributed by atoms with Crippen LogP contribution >= 0.6 is 0 Å². The highest BCUT2D eigenvalue weighted by atomic mass is 16.2. The molecule has 0 aromatic heterocycles.